The number of unbranched alkanes of at least 4 members (excludes halogenated alkanes) is 1. The first kappa shape index (κ1) is 21.1. The number of nitrogen functional groups attached to an aromatic ring is 1. The van der Waals surface area contributed by atoms with Crippen molar-refractivity contribution in [3.8, 4) is 0 Å². The summed E-state index contributed by atoms with van der Waals surface area (Å²) in [5, 5.41) is 8.74. The SMILES string of the molecule is CCCCC(C)(CNC(=O)C1CC(F)(F)CN1)Nc1nc(N)nc2cccnc12. The van der Waals surface area contributed by atoms with E-state index in [0.29, 0.717) is 16.9 Å². The number of fused-ring (bicyclic) bond motifs is 1. The molecule has 1 aliphatic rings. The number of amides is 1. The van der Waals surface area contributed by atoms with Gasteiger partial charge >= 0.3 is 0 Å². The van der Waals surface area contributed by atoms with Crippen LogP contribution in [0, 0.1) is 0 Å². The van der Waals surface area contributed by atoms with Crippen LogP contribution in [0.5, 0.6) is 0 Å². The molecule has 5 N–H and O–H groups in total. The van der Waals surface area contributed by atoms with Gasteiger partial charge in [-0.15, -0.1) is 0 Å². The Morgan fingerprint density at radius 1 is 1.45 bits per heavy atom. The predicted molar refractivity (Wildman–Crippen MR) is 108 cm³/mol. The third-order valence-corrected chi connectivity index (χ3v) is 5.05. The van der Waals surface area contributed by atoms with Crippen LogP contribution in [0.15, 0.2) is 18.3 Å². The number of anilines is 2. The fourth-order valence-electron chi connectivity index (χ4n) is 3.43. The molecule has 1 aliphatic heterocycles. The highest BCUT2D eigenvalue weighted by molar-refractivity contribution is 5.86. The zero-order chi connectivity index (χ0) is 21.1. The van der Waals surface area contributed by atoms with E-state index in [4.69, 9.17) is 5.73 Å². The minimum Gasteiger partial charge on any atom is -0.368 e. The van der Waals surface area contributed by atoms with Gasteiger partial charge in [-0.3, -0.25) is 15.1 Å². The van der Waals surface area contributed by atoms with Crippen molar-refractivity contribution in [2.75, 3.05) is 24.1 Å². The van der Waals surface area contributed by atoms with Crippen LogP contribution in [0.1, 0.15) is 39.5 Å². The number of nitrogens with zero attached hydrogens (tertiary/aromatic N) is 3. The molecule has 158 valence electrons. The fraction of sp³-hybridized carbons (Fsp3) is 0.579. The predicted octanol–water partition coefficient (Wildman–Crippen LogP) is 2.08. The first-order valence-corrected chi connectivity index (χ1v) is 9.77. The van der Waals surface area contributed by atoms with E-state index in [1.165, 1.54) is 0 Å². The average Bonchev–Trinajstić information content (AvgIpc) is 3.04. The second-order valence-corrected chi connectivity index (χ2v) is 7.80. The maximum Gasteiger partial charge on any atom is 0.262 e. The Morgan fingerprint density at radius 2 is 2.24 bits per heavy atom. The first-order valence-electron chi connectivity index (χ1n) is 9.77. The van der Waals surface area contributed by atoms with Crippen molar-refractivity contribution >= 4 is 28.7 Å². The van der Waals surface area contributed by atoms with E-state index in [9.17, 15) is 13.6 Å². The van der Waals surface area contributed by atoms with Gasteiger partial charge < -0.3 is 16.4 Å². The van der Waals surface area contributed by atoms with Crippen LogP contribution in [0.3, 0.4) is 0 Å². The summed E-state index contributed by atoms with van der Waals surface area (Å²) in [5.74, 6) is -2.69. The van der Waals surface area contributed by atoms with Gasteiger partial charge in [0.25, 0.3) is 5.92 Å². The second-order valence-electron chi connectivity index (χ2n) is 7.80. The summed E-state index contributed by atoms with van der Waals surface area (Å²) in [6.45, 7) is 3.79. The van der Waals surface area contributed by atoms with Crippen molar-refractivity contribution in [2.45, 2.75) is 57.0 Å². The topological polar surface area (TPSA) is 118 Å². The molecule has 8 nitrogen and oxygen atoms in total. The molecule has 0 spiro atoms. The lowest BCUT2D eigenvalue weighted by Gasteiger charge is -2.32. The highest BCUT2D eigenvalue weighted by Gasteiger charge is 2.42. The molecule has 2 unspecified atom stereocenters. The van der Waals surface area contributed by atoms with Crippen LogP contribution in [0.2, 0.25) is 0 Å². The van der Waals surface area contributed by atoms with Crippen molar-refractivity contribution < 1.29 is 13.6 Å². The summed E-state index contributed by atoms with van der Waals surface area (Å²) in [7, 11) is 0. The molecule has 3 rings (SSSR count). The number of aromatic nitrogens is 3. The number of nitrogens with two attached hydrogens (primary N) is 1. The molecule has 1 fully saturated rings. The number of pyridine rings is 1. The maximum absolute atomic E-state index is 13.4. The van der Waals surface area contributed by atoms with E-state index in [1.807, 2.05) is 6.92 Å². The van der Waals surface area contributed by atoms with E-state index in [2.05, 4.69) is 37.8 Å². The third-order valence-electron chi connectivity index (χ3n) is 5.05. The molecule has 3 heterocycles. The van der Waals surface area contributed by atoms with Gasteiger partial charge in [0.05, 0.1) is 23.6 Å². The lowest BCUT2D eigenvalue weighted by molar-refractivity contribution is -0.123. The molecule has 0 aromatic carbocycles. The monoisotopic (exact) mass is 407 g/mol. The largest absolute Gasteiger partial charge is 0.368 e. The molecule has 0 bridgehead atoms. The lowest BCUT2D eigenvalue weighted by Crippen LogP contribution is -2.50. The number of alkyl halides is 2. The summed E-state index contributed by atoms with van der Waals surface area (Å²) >= 11 is 0. The minimum atomic E-state index is -2.85. The molecular formula is C19H27F2N7O. The van der Waals surface area contributed by atoms with Crippen LogP contribution < -0.4 is 21.7 Å². The lowest BCUT2D eigenvalue weighted by atomic mass is 9.94. The third kappa shape index (κ3) is 5.26. The van der Waals surface area contributed by atoms with Crippen LogP contribution in [0.4, 0.5) is 20.5 Å². The number of hydrogen-bond acceptors (Lipinski definition) is 7. The highest BCUT2D eigenvalue weighted by Crippen LogP contribution is 2.27. The van der Waals surface area contributed by atoms with Crippen LogP contribution in [-0.2, 0) is 4.79 Å². The number of carbonyl (C=O) groups is 1. The van der Waals surface area contributed by atoms with E-state index in [1.54, 1.807) is 18.3 Å². The summed E-state index contributed by atoms with van der Waals surface area (Å²) < 4.78 is 26.8. The van der Waals surface area contributed by atoms with Crippen molar-refractivity contribution in [3.05, 3.63) is 18.3 Å². The van der Waals surface area contributed by atoms with Crippen LogP contribution >= 0.6 is 0 Å². The Kier molecular flexibility index (Phi) is 6.11. The smallest absolute Gasteiger partial charge is 0.262 e. The van der Waals surface area contributed by atoms with E-state index >= 15 is 0 Å². The summed E-state index contributed by atoms with van der Waals surface area (Å²) in [6, 6.07) is 2.67. The highest BCUT2D eigenvalue weighted by atomic mass is 19.3. The summed E-state index contributed by atoms with van der Waals surface area (Å²) in [5.41, 5.74) is 6.45. The maximum atomic E-state index is 13.4. The molecule has 0 saturated carbocycles. The summed E-state index contributed by atoms with van der Waals surface area (Å²) in [4.78, 5) is 25.2. The van der Waals surface area contributed by atoms with Gasteiger partial charge in [-0.05, 0) is 25.5 Å². The van der Waals surface area contributed by atoms with Gasteiger partial charge in [-0.1, -0.05) is 19.8 Å². The van der Waals surface area contributed by atoms with E-state index in [-0.39, 0.29) is 12.5 Å². The van der Waals surface area contributed by atoms with Gasteiger partial charge in [0, 0.05) is 19.2 Å². The number of hydrogen-bond donors (Lipinski definition) is 4. The van der Waals surface area contributed by atoms with Gasteiger partial charge in [-0.25, -0.2) is 13.8 Å². The van der Waals surface area contributed by atoms with Crippen LogP contribution in [-0.4, -0.2) is 51.5 Å². The van der Waals surface area contributed by atoms with Crippen molar-refractivity contribution in [1.29, 1.82) is 0 Å². The standard InChI is InChI=1S/C19H27F2N7O/c1-3-4-7-18(2,10-25-16(29)13-9-19(20,21)11-24-13)28-15-14-12(6-5-8-23-14)26-17(22)27-15/h5-6,8,13,24H,3-4,7,9-11H2,1-2H3,(H,25,29)(H3,22,26,27,28). The van der Waals surface area contributed by atoms with Gasteiger partial charge in [-0.2, -0.15) is 4.98 Å². The molecule has 29 heavy (non-hydrogen) atoms. The molecule has 0 radical (unpaired) electrons. The molecule has 0 aliphatic carbocycles. The summed E-state index contributed by atoms with van der Waals surface area (Å²) in [6.07, 6.45) is 3.76. The van der Waals surface area contributed by atoms with Crippen molar-refractivity contribution in [3.63, 3.8) is 0 Å². The molecule has 2 aromatic rings. The van der Waals surface area contributed by atoms with Gasteiger partial charge in [0.15, 0.2) is 5.82 Å². The quantitative estimate of drug-likeness (QED) is 0.529. The Balaban J connectivity index is 1.76. The van der Waals surface area contributed by atoms with Gasteiger partial charge in [0.1, 0.15) is 5.52 Å². The normalized spacial score (nSPS) is 20.3. The Labute approximate surface area is 168 Å². The zero-order valence-corrected chi connectivity index (χ0v) is 16.6. The average molecular weight is 407 g/mol. The molecule has 2 aromatic heterocycles. The van der Waals surface area contributed by atoms with Gasteiger partial charge in [0.2, 0.25) is 11.9 Å². The molecule has 2 atom stereocenters. The number of rotatable bonds is 8. The zero-order valence-electron chi connectivity index (χ0n) is 16.6. The Bertz CT molecular complexity index is 879. The van der Waals surface area contributed by atoms with Crippen LogP contribution in [0.25, 0.3) is 11.0 Å². The van der Waals surface area contributed by atoms with Crippen molar-refractivity contribution in [1.82, 2.24) is 25.6 Å². The minimum absolute atomic E-state index is 0.118. The Morgan fingerprint density at radius 3 is 2.93 bits per heavy atom. The molecular weight excluding hydrogens is 380 g/mol. The molecule has 1 amide bonds. The van der Waals surface area contributed by atoms with Crippen molar-refractivity contribution in [2.24, 2.45) is 0 Å². The number of halogens is 2. The Hall–Kier alpha value is -2.62. The number of carbonyl (C=O) groups excluding carboxylic acids is 1. The second kappa shape index (κ2) is 8.40. The molecule has 1 saturated heterocycles. The fourth-order valence-corrected chi connectivity index (χ4v) is 3.43. The van der Waals surface area contributed by atoms with E-state index < -0.39 is 36.4 Å². The first-order chi connectivity index (χ1) is 13.7. The van der Waals surface area contributed by atoms with E-state index in [0.717, 1.165) is 19.3 Å². The molecule has 10 heteroatoms. The number of nitrogens with one attached hydrogen (secondary N) is 3.